The monoisotopic (exact) mass is 854 g/mol. The molecule has 11 heteroatoms. The van der Waals surface area contributed by atoms with Gasteiger partial charge in [-0.3, -0.25) is 18.6 Å². The minimum absolute atomic E-state index is 0.0102. The van der Waals surface area contributed by atoms with Crippen molar-refractivity contribution in [1.29, 1.82) is 0 Å². The van der Waals surface area contributed by atoms with E-state index in [4.69, 9.17) is 29.4 Å². The molecule has 3 unspecified atom stereocenters. The van der Waals surface area contributed by atoms with Gasteiger partial charge in [-0.2, -0.15) is 0 Å². The minimum atomic E-state index is -4.63. The first kappa shape index (κ1) is 56.9. The van der Waals surface area contributed by atoms with Crippen LogP contribution in [0.4, 0.5) is 0 Å². The molecular formula is C48H88NO9P. The summed E-state index contributed by atoms with van der Waals surface area (Å²) in [6.45, 7) is 3.70. The topological polar surface area (TPSA) is 155 Å². The van der Waals surface area contributed by atoms with Crippen molar-refractivity contribution in [3.05, 3.63) is 48.6 Å². The summed E-state index contributed by atoms with van der Waals surface area (Å²) in [5.41, 5.74) is 5.35. The number of phosphoric acid groups is 1. The third-order valence-corrected chi connectivity index (χ3v) is 11.1. The number of unbranched alkanes of at least 4 members (excludes halogenated alkanes) is 23. The molecule has 0 aromatic heterocycles. The van der Waals surface area contributed by atoms with Gasteiger partial charge in [-0.05, 0) is 38.5 Å². The Balaban J connectivity index is 4.12. The molecule has 0 radical (unpaired) electrons. The molecule has 0 heterocycles. The predicted octanol–water partition coefficient (Wildman–Crippen LogP) is 13.4. The molecule has 59 heavy (non-hydrogen) atoms. The molecule has 4 N–H and O–H groups in total. The average Bonchev–Trinajstić information content (AvgIpc) is 3.21. The van der Waals surface area contributed by atoms with Crippen molar-refractivity contribution in [3.63, 3.8) is 0 Å². The van der Waals surface area contributed by atoms with Crippen molar-refractivity contribution >= 4 is 19.8 Å². The summed E-state index contributed by atoms with van der Waals surface area (Å²) < 4.78 is 33.3. The summed E-state index contributed by atoms with van der Waals surface area (Å²) in [6.07, 6.45) is 52.1. The number of carboxylic acids is 1. The van der Waals surface area contributed by atoms with Gasteiger partial charge in [-0.25, -0.2) is 4.57 Å². The number of nitrogens with two attached hydrogens (primary N) is 1. The first-order valence-corrected chi connectivity index (χ1v) is 25.2. The molecule has 0 aromatic rings. The van der Waals surface area contributed by atoms with Crippen molar-refractivity contribution in [2.75, 3.05) is 26.4 Å². The fraction of sp³-hybridized carbons (Fsp3) is 0.792. The molecule has 0 fully saturated rings. The second-order valence-electron chi connectivity index (χ2n) is 15.9. The maximum Gasteiger partial charge on any atom is 0.472 e. The van der Waals surface area contributed by atoms with Crippen LogP contribution in [0, 0.1) is 0 Å². The number of aliphatic carboxylic acids is 1. The lowest BCUT2D eigenvalue weighted by atomic mass is 10.0. The second kappa shape index (κ2) is 44.0. The van der Waals surface area contributed by atoms with Gasteiger partial charge < -0.3 is 25.2 Å². The largest absolute Gasteiger partial charge is 0.480 e. The third kappa shape index (κ3) is 43.8. The molecule has 0 amide bonds. The van der Waals surface area contributed by atoms with Crippen molar-refractivity contribution in [1.82, 2.24) is 0 Å². The normalized spacial score (nSPS) is 14.2. The second-order valence-corrected chi connectivity index (χ2v) is 17.3. The van der Waals surface area contributed by atoms with Gasteiger partial charge in [-0.1, -0.05) is 210 Å². The van der Waals surface area contributed by atoms with Gasteiger partial charge in [-0.15, -0.1) is 0 Å². The van der Waals surface area contributed by atoms with Crippen LogP contribution in [0.3, 0.4) is 0 Å². The van der Waals surface area contributed by atoms with Crippen molar-refractivity contribution in [3.8, 4) is 0 Å². The Labute approximate surface area is 360 Å². The zero-order chi connectivity index (χ0) is 43.3. The molecule has 0 rings (SSSR count). The first-order chi connectivity index (χ1) is 28.7. The molecule has 0 aliphatic rings. The number of allylic oxidation sites excluding steroid dienone is 8. The lowest BCUT2D eigenvalue weighted by molar-refractivity contribution is -0.154. The maximum absolute atomic E-state index is 12.6. The summed E-state index contributed by atoms with van der Waals surface area (Å²) in [6, 6.07) is -1.48. The van der Waals surface area contributed by atoms with Crippen LogP contribution in [0.2, 0.25) is 0 Å². The molecule has 0 saturated heterocycles. The van der Waals surface area contributed by atoms with E-state index in [9.17, 15) is 19.0 Å². The van der Waals surface area contributed by atoms with E-state index in [0.29, 0.717) is 13.0 Å². The predicted molar refractivity (Wildman–Crippen MR) is 244 cm³/mol. The Morgan fingerprint density at radius 3 is 1.37 bits per heavy atom. The van der Waals surface area contributed by atoms with E-state index in [1.165, 1.54) is 135 Å². The van der Waals surface area contributed by atoms with Crippen molar-refractivity contribution in [2.24, 2.45) is 5.73 Å². The quantitative estimate of drug-likeness (QED) is 0.0233. The molecular weight excluding hydrogens is 766 g/mol. The standard InChI is InChI=1S/C48H88NO9P/c1-3-5-7-9-11-13-15-17-18-19-20-21-22-23-24-25-26-27-29-31-33-35-37-39-41-55-42-45(43-56-59(53,54)57-44-46(49)48(51)52)58-47(50)40-38-36-34-32-30-28-16-14-12-10-8-6-4-2/h6,8,12,14,28,30,34,36,45-46H,3-5,7,9-11,13,15-27,29,31-33,35,37-44,49H2,1-2H3,(H,51,52)(H,53,54)/b8-6-,14-12-,30-28-,36-34-. The Kier molecular flexibility index (Phi) is 42.5. The molecule has 10 nitrogen and oxygen atoms in total. The van der Waals surface area contributed by atoms with Crippen LogP contribution in [0.1, 0.15) is 206 Å². The highest BCUT2D eigenvalue weighted by Crippen LogP contribution is 2.43. The van der Waals surface area contributed by atoms with E-state index >= 15 is 0 Å². The number of carbonyl (C=O) groups is 2. The Bertz CT molecular complexity index is 1130. The van der Waals surface area contributed by atoms with E-state index < -0.39 is 45.1 Å². The van der Waals surface area contributed by atoms with Crippen LogP contribution in [-0.4, -0.2) is 60.5 Å². The molecule has 0 aliphatic carbocycles. The fourth-order valence-electron chi connectivity index (χ4n) is 6.50. The minimum Gasteiger partial charge on any atom is -0.480 e. The van der Waals surface area contributed by atoms with E-state index in [-0.39, 0.29) is 13.0 Å². The molecule has 3 atom stereocenters. The van der Waals surface area contributed by atoms with Gasteiger partial charge in [0.25, 0.3) is 0 Å². The Morgan fingerprint density at radius 2 is 0.949 bits per heavy atom. The van der Waals surface area contributed by atoms with E-state index in [2.05, 4.69) is 50.3 Å². The van der Waals surface area contributed by atoms with Gasteiger partial charge in [0, 0.05) is 13.0 Å². The van der Waals surface area contributed by atoms with Gasteiger partial charge in [0.1, 0.15) is 12.1 Å². The molecule has 0 aliphatic heterocycles. The summed E-state index contributed by atoms with van der Waals surface area (Å²) >= 11 is 0. The highest BCUT2D eigenvalue weighted by Gasteiger charge is 2.27. The Morgan fingerprint density at radius 1 is 0.559 bits per heavy atom. The van der Waals surface area contributed by atoms with Crippen LogP contribution < -0.4 is 5.73 Å². The van der Waals surface area contributed by atoms with E-state index in [1.54, 1.807) is 0 Å². The number of carbonyl (C=O) groups excluding carboxylic acids is 1. The molecule has 0 saturated carbocycles. The number of rotatable bonds is 45. The van der Waals surface area contributed by atoms with E-state index in [1.807, 2.05) is 12.2 Å². The highest BCUT2D eigenvalue weighted by molar-refractivity contribution is 7.47. The van der Waals surface area contributed by atoms with Crippen LogP contribution in [-0.2, 0) is 32.7 Å². The van der Waals surface area contributed by atoms with Crippen LogP contribution in [0.15, 0.2) is 48.6 Å². The molecule has 0 aromatic carbocycles. The maximum atomic E-state index is 12.6. The SMILES string of the molecule is CC/C=C\C/C=C\C/C=C\C/C=C\CCC(=O)OC(COCCCCCCCCCCCCCCCCCCCCCCCCCC)COP(=O)(O)OCC(N)C(=O)O. The highest BCUT2D eigenvalue weighted by atomic mass is 31.2. The van der Waals surface area contributed by atoms with Crippen molar-refractivity contribution in [2.45, 2.75) is 219 Å². The smallest absolute Gasteiger partial charge is 0.472 e. The lowest BCUT2D eigenvalue weighted by Crippen LogP contribution is -2.34. The zero-order valence-electron chi connectivity index (χ0n) is 37.6. The summed E-state index contributed by atoms with van der Waals surface area (Å²) in [5.74, 6) is -1.86. The number of esters is 1. The number of carboxylic acid groups (broad SMARTS) is 1. The third-order valence-electron chi connectivity index (χ3n) is 10.1. The van der Waals surface area contributed by atoms with Crippen molar-refractivity contribution < 1.29 is 42.7 Å². The van der Waals surface area contributed by atoms with Gasteiger partial charge in [0.15, 0.2) is 0 Å². The van der Waals surface area contributed by atoms with Crippen LogP contribution >= 0.6 is 7.82 Å². The van der Waals surface area contributed by atoms with E-state index in [0.717, 1.165) is 44.9 Å². The van der Waals surface area contributed by atoms with Gasteiger partial charge in [0.2, 0.25) is 0 Å². The zero-order valence-corrected chi connectivity index (χ0v) is 38.5. The number of hydrogen-bond acceptors (Lipinski definition) is 8. The molecule has 0 bridgehead atoms. The Hall–Kier alpha value is -2.07. The average molecular weight is 854 g/mol. The number of phosphoric ester groups is 1. The summed E-state index contributed by atoms with van der Waals surface area (Å²) in [5, 5.41) is 8.90. The van der Waals surface area contributed by atoms with Crippen LogP contribution in [0.25, 0.3) is 0 Å². The first-order valence-electron chi connectivity index (χ1n) is 23.7. The fourth-order valence-corrected chi connectivity index (χ4v) is 7.28. The number of ether oxygens (including phenoxy) is 2. The number of hydrogen-bond donors (Lipinski definition) is 3. The van der Waals surface area contributed by atoms with Gasteiger partial charge in [0.05, 0.1) is 19.8 Å². The summed E-state index contributed by atoms with van der Waals surface area (Å²) in [4.78, 5) is 33.5. The van der Waals surface area contributed by atoms with Crippen LogP contribution in [0.5, 0.6) is 0 Å². The summed E-state index contributed by atoms with van der Waals surface area (Å²) in [7, 11) is -4.63. The molecule has 344 valence electrons. The lowest BCUT2D eigenvalue weighted by Gasteiger charge is -2.20. The van der Waals surface area contributed by atoms with Gasteiger partial charge >= 0.3 is 19.8 Å². The molecule has 0 spiro atoms.